The topological polar surface area (TPSA) is 42.3 Å². The van der Waals surface area contributed by atoms with Gasteiger partial charge in [-0.2, -0.15) is 5.26 Å². The summed E-state index contributed by atoms with van der Waals surface area (Å²) in [5.74, 6) is 0. The molecule has 1 unspecified atom stereocenters. The average molecular weight is 266 g/mol. The van der Waals surface area contributed by atoms with Crippen LogP contribution < -0.4 is 5.32 Å². The molecule has 0 saturated heterocycles. The van der Waals surface area contributed by atoms with Crippen molar-refractivity contribution in [3.63, 3.8) is 0 Å². The lowest BCUT2D eigenvalue weighted by Crippen LogP contribution is -2.45. The normalized spacial score (nSPS) is 18.6. The first-order valence-electron chi connectivity index (χ1n) is 7.55. The van der Waals surface area contributed by atoms with Crippen molar-refractivity contribution in [2.24, 2.45) is 0 Å². The maximum absolute atomic E-state index is 9.38. The summed E-state index contributed by atoms with van der Waals surface area (Å²) in [5, 5.41) is 12.9. The molecule has 0 amide bonds. The fourth-order valence-corrected chi connectivity index (χ4v) is 2.21. The van der Waals surface area contributed by atoms with E-state index in [4.69, 9.17) is 0 Å². The van der Waals surface area contributed by atoms with Gasteiger partial charge in [-0.05, 0) is 53.2 Å². The van der Waals surface area contributed by atoms with Crippen molar-refractivity contribution in [3.8, 4) is 6.07 Å². The van der Waals surface area contributed by atoms with E-state index in [1.807, 2.05) is 6.92 Å². The van der Waals surface area contributed by atoms with Crippen LogP contribution in [0.15, 0.2) is 0 Å². The number of nitrogens with one attached hydrogen (secondary N) is 1. The standard InChI is InChI=1S/C15H30N4/c1-5-9-19(12-11-18(3)4)10-8-15(2,13-16)17-14-6-7-14/h14,17H,5-12H2,1-4H3. The first kappa shape index (κ1) is 16.4. The zero-order valence-corrected chi connectivity index (χ0v) is 13.1. The van der Waals surface area contributed by atoms with Gasteiger partial charge in [0.25, 0.3) is 0 Å². The van der Waals surface area contributed by atoms with Gasteiger partial charge in [0.15, 0.2) is 0 Å². The number of rotatable bonds is 10. The Labute approximate surface area is 118 Å². The van der Waals surface area contributed by atoms with Crippen LogP contribution in [0, 0.1) is 11.3 Å². The van der Waals surface area contributed by atoms with Gasteiger partial charge in [0, 0.05) is 25.7 Å². The van der Waals surface area contributed by atoms with Crippen LogP contribution >= 0.6 is 0 Å². The van der Waals surface area contributed by atoms with Gasteiger partial charge in [0.05, 0.1) is 6.07 Å². The van der Waals surface area contributed by atoms with E-state index < -0.39 is 0 Å². The summed E-state index contributed by atoms with van der Waals surface area (Å²) in [6.45, 7) is 8.56. The van der Waals surface area contributed by atoms with Gasteiger partial charge in [-0.25, -0.2) is 0 Å². The Balaban J connectivity index is 2.37. The molecule has 0 aliphatic heterocycles. The van der Waals surface area contributed by atoms with Crippen molar-refractivity contribution in [1.82, 2.24) is 15.1 Å². The number of hydrogen-bond donors (Lipinski definition) is 1. The molecule has 4 nitrogen and oxygen atoms in total. The first-order valence-corrected chi connectivity index (χ1v) is 7.55. The molecule has 0 aromatic heterocycles. The Morgan fingerprint density at radius 3 is 2.37 bits per heavy atom. The maximum Gasteiger partial charge on any atom is 0.105 e. The molecule has 0 radical (unpaired) electrons. The van der Waals surface area contributed by atoms with Crippen LogP contribution in [0.4, 0.5) is 0 Å². The monoisotopic (exact) mass is 266 g/mol. The van der Waals surface area contributed by atoms with E-state index in [0.717, 1.165) is 32.6 Å². The zero-order valence-electron chi connectivity index (χ0n) is 13.1. The van der Waals surface area contributed by atoms with Gasteiger partial charge in [-0.3, -0.25) is 5.32 Å². The Morgan fingerprint density at radius 2 is 1.89 bits per heavy atom. The molecule has 1 atom stereocenters. The van der Waals surface area contributed by atoms with Crippen molar-refractivity contribution >= 4 is 0 Å². The molecular weight excluding hydrogens is 236 g/mol. The zero-order chi connectivity index (χ0) is 14.3. The van der Waals surface area contributed by atoms with Crippen molar-refractivity contribution in [3.05, 3.63) is 0 Å². The van der Waals surface area contributed by atoms with Crippen molar-refractivity contribution in [1.29, 1.82) is 5.26 Å². The van der Waals surface area contributed by atoms with Crippen LogP contribution in [0.3, 0.4) is 0 Å². The second kappa shape index (κ2) is 7.84. The number of hydrogen-bond acceptors (Lipinski definition) is 4. The van der Waals surface area contributed by atoms with Gasteiger partial charge >= 0.3 is 0 Å². The Bertz CT molecular complexity index is 293. The fourth-order valence-electron chi connectivity index (χ4n) is 2.21. The van der Waals surface area contributed by atoms with Crippen LogP contribution in [0.2, 0.25) is 0 Å². The van der Waals surface area contributed by atoms with Gasteiger partial charge in [0.2, 0.25) is 0 Å². The predicted molar refractivity (Wildman–Crippen MR) is 80.1 cm³/mol. The van der Waals surface area contributed by atoms with Gasteiger partial charge in [-0.15, -0.1) is 0 Å². The minimum atomic E-state index is -0.356. The molecule has 1 saturated carbocycles. The molecule has 0 aromatic carbocycles. The maximum atomic E-state index is 9.38. The highest BCUT2D eigenvalue weighted by Gasteiger charge is 2.32. The van der Waals surface area contributed by atoms with Gasteiger partial charge in [-0.1, -0.05) is 6.92 Å². The molecule has 0 bridgehead atoms. The third-order valence-corrected chi connectivity index (χ3v) is 3.68. The predicted octanol–water partition coefficient (Wildman–Crippen LogP) is 1.68. The molecule has 4 heteroatoms. The molecule has 1 rings (SSSR count). The van der Waals surface area contributed by atoms with E-state index in [0.29, 0.717) is 6.04 Å². The van der Waals surface area contributed by atoms with Crippen LogP contribution in [0.1, 0.15) is 39.5 Å². The van der Waals surface area contributed by atoms with E-state index >= 15 is 0 Å². The molecule has 19 heavy (non-hydrogen) atoms. The quantitative estimate of drug-likeness (QED) is 0.653. The number of nitriles is 1. The van der Waals surface area contributed by atoms with Crippen molar-refractivity contribution < 1.29 is 0 Å². The lowest BCUT2D eigenvalue weighted by Gasteiger charge is -2.29. The van der Waals surface area contributed by atoms with Crippen molar-refractivity contribution in [2.75, 3.05) is 40.3 Å². The van der Waals surface area contributed by atoms with Crippen molar-refractivity contribution in [2.45, 2.75) is 51.1 Å². The fraction of sp³-hybridized carbons (Fsp3) is 0.933. The van der Waals surface area contributed by atoms with Gasteiger partial charge < -0.3 is 9.80 Å². The third kappa shape index (κ3) is 6.91. The van der Waals surface area contributed by atoms with E-state index in [2.05, 4.69) is 42.2 Å². The van der Waals surface area contributed by atoms with E-state index in [1.165, 1.54) is 19.3 Å². The lowest BCUT2D eigenvalue weighted by atomic mass is 9.99. The second-order valence-electron chi connectivity index (χ2n) is 6.26. The number of likely N-dealkylation sites (N-methyl/N-ethyl adjacent to an activating group) is 1. The smallest absolute Gasteiger partial charge is 0.105 e. The summed E-state index contributed by atoms with van der Waals surface area (Å²) < 4.78 is 0. The lowest BCUT2D eigenvalue weighted by molar-refractivity contribution is 0.221. The summed E-state index contributed by atoms with van der Waals surface area (Å²) in [7, 11) is 4.22. The Kier molecular flexibility index (Phi) is 6.78. The van der Waals surface area contributed by atoms with Crippen LogP contribution in [-0.4, -0.2) is 61.7 Å². The molecule has 1 aliphatic carbocycles. The molecule has 1 aliphatic rings. The Hall–Kier alpha value is -0.630. The largest absolute Gasteiger partial charge is 0.308 e. The highest BCUT2D eigenvalue weighted by atomic mass is 15.2. The van der Waals surface area contributed by atoms with E-state index in [-0.39, 0.29) is 5.54 Å². The molecule has 1 fully saturated rings. The summed E-state index contributed by atoms with van der Waals surface area (Å²) >= 11 is 0. The summed E-state index contributed by atoms with van der Waals surface area (Å²) in [4.78, 5) is 4.69. The van der Waals surface area contributed by atoms with Crippen LogP contribution in [0.5, 0.6) is 0 Å². The summed E-state index contributed by atoms with van der Waals surface area (Å²) in [5.41, 5.74) is -0.356. The molecule has 110 valence electrons. The molecule has 1 N–H and O–H groups in total. The molecule has 0 heterocycles. The van der Waals surface area contributed by atoms with E-state index in [1.54, 1.807) is 0 Å². The second-order valence-corrected chi connectivity index (χ2v) is 6.26. The minimum Gasteiger partial charge on any atom is -0.308 e. The molecular formula is C15H30N4. The van der Waals surface area contributed by atoms with Crippen LogP contribution in [-0.2, 0) is 0 Å². The highest BCUT2D eigenvalue weighted by Crippen LogP contribution is 2.23. The Morgan fingerprint density at radius 1 is 1.21 bits per heavy atom. The SMILES string of the molecule is CCCN(CCN(C)C)CCC(C)(C#N)NC1CC1. The first-order chi connectivity index (χ1) is 8.99. The third-order valence-electron chi connectivity index (χ3n) is 3.68. The molecule has 0 aromatic rings. The van der Waals surface area contributed by atoms with E-state index in [9.17, 15) is 5.26 Å². The highest BCUT2D eigenvalue weighted by molar-refractivity contribution is 5.07. The van der Waals surface area contributed by atoms with Gasteiger partial charge in [0.1, 0.15) is 5.54 Å². The molecule has 0 spiro atoms. The summed E-state index contributed by atoms with van der Waals surface area (Å²) in [6, 6.07) is 3.05. The minimum absolute atomic E-state index is 0.356. The number of nitrogens with zero attached hydrogens (tertiary/aromatic N) is 3. The average Bonchev–Trinajstić information content (AvgIpc) is 3.16. The van der Waals surface area contributed by atoms with Crippen LogP contribution in [0.25, 0.3) is 0 Å². The summed E-state index contributed by atoms with van der Waals surface area (Å²) in [6.07, 6.45) is 4.55.